The lowest BCUT2D eigenvalue weighted by Gasteiger charge is -2.37. The predicted molar refractivity (Wildman–Crippen MR) is 79.2 cm³/mol. The molecule has 3 rings (SSSR count). The van der Waals surface area contributed by atoms with E-state index < -0.39 is 5.66 Å². The minimum absolute atomic E-state index is 0.123. The van der Waals surface area contributed by atoms with Crippen molar-refractivity contribution in [2.45, 2.75) is 18.5 Å². The zero-order valence-corrected chi connectivity index (χ0v) is 11.5. The van der Waals surface area contributed by atoms with Crippen molar-refractivity contribution in [2.24, 2.45) is 5.73 Å². The zero-order chi connectivity index (χ0) is 15.0. The van der Waals surface area contributed by atoms with Gasteiger partial charge in [0.15, 0.2) is 11.5 Å². The van der Waals surface area contributed by atoms with Gasteiger partial charge in [0.2, 0.25) is 0 Å². The van der Waals surface area contributed by atoms with E-state index in [1.807, 2.05) is 12.1 Å². The topological polar surface area (TPSA) is 98.7 Å². The fraction of sp³-hybridized carbons (Fsp3) is 0.250. The van der Waals surface area contributed by atoms with Crippen molar-refractivity contribution in [3.63, 3.8) is 0 Å². The molecular weight excluding hydrogens is 268 g/mol. The molecule has 0 aliphatic carbocycles. The molecular formula is C16H18N2O3. The fourth-order valence-electron chi connectivity index (χ4n) is 2.85. The lowest BCUT2D eigenvalue weighted by atomic mass is 9.85. The Bertz CT molecular complexity index is 670. The molecule has 1 aliphatic heterocycles. The van der Waals surface area contributed by atoms with Crippen LogP contribution in [0.5, 0.6) is 17.2 Å². The van der Waals surface area contributed by atoms with E-state index in [0.717, 1.165) is 23.1 Å². The molecule has 0 radical (unpaired) electrons. The molecule has 0 fully saturated rings. The van der Waals surface area contributed by atoms with Gasteiger partial charge in [0, 0.05) is 13.0 Å². The molecule has 2 aromatic rings. The van der Waals surface area contributed by atoms with Crippen LogP contribution in [0, 0.1) is 0 Å². The number of aromatic hydroxyl groups is 3. The Morgan fingerprint density at radius 2 is 1.71 bits per heavy atom. The smallest absolute Gasteiger partial charge is 0.157 e. The summed E-state index contributed by atoms with van der Waals surface area (Å²) in [4.78, 5) is 0. The van der Waals surface area contributed by atoms with Crippen LogP contribution in [0.15, 0.2) is 36.4 Å². The summed E-state index contributed by atoms with van der Waals surface area (Å²) in [6.45, 7) is 0.700. The van der Waals surface area contributed by atoms with Crippen LogP contribution in [0.25, 0.3) is 0 Å². The van der Waals surface area contributed by atoms with Crippen molar-refractivity contribution in [3.8, 4) is 17.2 Å². The lowest BCUT2D eigenvalue weighted by molar-refractivity contribution is 0.319. The number of phenols is 3. The number of nitrogens with two attached hydrogens (primary N) is 1. The van der Waals surface area contributed by atoms with Crippen LogP contribution in [0.4, 0.5) is 0 Å². The molecule has 0 bridgehead atoms. The first-order chi connectivity index (χ1) is 9.98. The Labute approximate surface area is 122 Å². The molecule has 6 N–H and O–H groups in total. The maximum atomic E-state index is 9.74. The normalized spacial score (nSPS) is 21.0. The lowest BCUT2D eigenvalue weighted by Crippen LogP contribution is -2.55. The molecule has 0 saturated heterocycles. The van der Waals surface area contributed by atoms with Crippen molar-refractivity contribution in [3.05, 3.63) is 53.1 Å². The SMILES string of the molecule is NC1(Cc2ccc(O)cc2)NCCc2cc(O)c(O)cc21. The third kappa shape index (κ3) is 2.53. The molecule has 0 aromatic heterocycles. The third-order valence-corrected chi connectivity index (χ3v) is 3.94. The summed E-state index contributed by atoms with van der Waals surface area (Å²) in [5.41, 5.74) is 8.38. The Hall–Kier alpha value is -2.24. The van der Waals surface area contributed by atoms with Crippen molar-refractivity contribution in [1.82, 2.24) is 5.32 Å². The zero-order valence-electron chi connectivity index (χ0n) is 11.5. The van der Waals surface area contributed by atoms with Gasteiger partial charge in [0.1, 0.15) is 5.75 Å². The maximum Gasteiger partial charge on any atom is 0.157 e. The molecule has 110 valence electrons. The highest BCUT2D eigenvalue weighted by Gasteiger charge is 2.33. The highest BCUT2D eigenvalue weighted by Crippen LogP contribution is 2.35. The molecule has 1 heterocycles. The van der Waals surface area contributed by atoms with Gasteiger partial charge in [-0.05, 0) is 47.4 Å². The number of hydrogen-bond donors (Lipinski definition) is 5. The number of fused-ring (bicyclic) bond motifs is 1. The largest absolute Gasteiger partial charge is 0.508 e. The van der Waals surface area contributed by atoms with Gasteiger partial charge in [0.25, 0.3) is 0 Å². The minimum Gasteiger partial charge on any atom is -0.508 e. The van der Waals surface area contributed by atoms with E-state index in [4.69, 9.17) is 5.73 Å². The van der Waals surface area contributed by atoms with Gasteiger partial charge >= 0.3 is 0 Å². The monoisotopic (exact) mass is 286 g/mol. The summed E-state index contributed by atoms with van der Waals surface area (Å²) in [5.74, 6) is -0.0787. The van der Waals surface area contributed by atoms with Crippen molar-refractivity contribution in [2.75, 3.05) is 6.54 Å². The number of benzene rings is 2. The van der Waals surface area contributed by atoms with Crippen LogP contribution in [-0.4, -0.2) is 21.9 Å². The highest BCUT2D eigenvalue weighted by molar-refractivity contribution is 5.49. The van der Waals surface area contributed by atoms with Gasteiger partial charge in [-0.15, -0.1) is 0 Å². The Morgan fingerprint density at radius 1 is 1.05 bits per heavy atom. The van der Waals surface area contributed by atoms with E-state index in [1.54, 1.807) is 18.2 Å². The van der Waals surface area contributed by atoms with Crippen LogP contribution in [0.3, 0.4) is 0 Å². The van der Waals surface area contributed by atoms with Gasteiger partial charge < -0.3 is 21.1 Å². The van der Waals surface area contributed by atoms with E-state index in [2.05, 4.69) is 5.32 Å². The second-order valence-corrected chi connectivity index (χ2v) is 5.49. The van der Waals surface area contributed by atoms with Crippen molar-refractivity contribution < 1.29 is 15.3 Å². The first-order valence-corrected chi connectivity index (χ1v) is 6.85. The molecule has 2 aromatic carbocycles. The summed E-state index contributed by atoms with van der Waals surface area (Å²) in [5, 5.41) is 32.0. The number of nitrogens with one attached hydrogen (secondary N) is 1. The average molecular weight is 286 g/mol. The first kappa shape index (κ1) is 13.7. The first-order valence-electron chi connectivity index (χ1n) is 6.85. The molecule has 5 heteroatoms. The van der Waals surface area contributed by atoms with Gasteiger partial charge in [-0.2, -0.15) is 0 Å². The standard InChI is InChI=1S/C16H18N2O3/c17-16(9-10-1-3-12(19)4-2-10)13-8-15(21)14(20)7-11(13)5-6-18-16/h1-4,7-8,18-21H,5-6,9,17H2. The molecule has 1 unspecified atom stereocenters. The van der Waals surface area contributed by atoms with Gasteiger partial charge in [-0.3, -0.25) is 5.32 Å². The third-order valence-electron chi connectivity index (χ3n) is 3.94. The van der Waals surface area contributed by atoms with E-state index >= 15 is 0 Å². The molecule has 5 nitrogen and oxygen atoms in total. The number of hydrogen-bond acceptors (Lipinski definition) is 5. The molecule has 1 aliphatic rings. The van der Waals surface area contributed by atoms with Crippen LogP contribution in [0.1, 0.15) is 16.7 Å². The summed E-state index contributed by atoms with van der Waals surface area (Å²) in [7, 11) is 0. The van der Waals surface area contributed by atoms with Gasteiger partial charge in [-0.1, -0.05) is 12.1 Å². The Morgan fingerprint density at radius 3 is 2.43 bits per heavy atom. The van der Waals surface area contributed by atoms with Crippen LogP contribution < -0.4 is 11.1 Å². The van der Waals surface area contributed by atoms with Crippen molar-refractivity contribution in [1.29, 1.82) is 0 Å². The minimum atomic E-state index is -0.810. The maximum absolute atomic E-state index is 9.74. The molecule has 21 heavy (non-hydrogen) atoms. The summed E-state index contributed by atoms with van der Waals surface area (Å²) in [6, 6.07) is 9.98. The summed E-state index contributed by atoms with van der Waals surface area (Å²) >= 11 is 0. The van der Waals surface area contributed by atoms with Crippen LogP contribution in [0.2, 0.25) is 0 Å². The van der Waals surface area contributed by atoms with Gasteiger partial charge in [0.05, 0.1) is 5.66 Å². The van der Waals surface area contributed by atoms with Crippen molar-refractivity contribution >= 4 is 0 Å². The Kier molecular flexibility index (Phi) is 3.23. The summed E-state index contributed by atoms with van der Waals surface area (Å²) < 4.78 is 0. The second-order valence-electron chi connectivity index (χ2n) is 5.49. The highest BCUT2D eigenvalue weighted by atomic mass is 16.3. The number of phenolic OH excluding ortho intramolecular Hbond substituents is 3. The average Bonchev–Trinajstić information content (AvgIpc) is 2.44. The summed E-state index contributed by atoms with van der Waals surface area (Å²) in [6.07, 6.45) is 1.27. The van der Waals surface area contributed by atoms with E-state index in [0.29, 0.717) is 13.0 Å². The molecule has 0 saturated carbocycles. The molecule has 1 atom stereocenters. The fourth-order valence-corrected chi connectivity index (χ4v) is 2.85. The van der Waals surface area contributed by atoms with E-state index in [1.165, 1.54) is 6.07 Å². The van der Waals surface area contributed by atoms with Gasteiger partial charge in [-0.25, -0.2) is 0 Å². The predicted octanol–water partition coefficient (Wildman–Crippen LogP) is 1.30. The number of rotatable bonds is 2. The molecule has 0 amide bonds. The van der Waals surface area contributed by atoms with E-state index in [-0.39, 0.29) is 17.2 Å². The molecule has 0 spiro atoms. The quantitative estimate of drug-likeness (QED) is 0.536. The Balaban J connectivity index is 1.99. The van der Waals surface area contributed by atoms with E-state index in [9.17, 15) is 15.3 Å². The second kappa shape index (κ2) is 4.95. The van der Waals surface area contributed by atoms with Crippen LogP contribution in [-0.2, 0) is 18.5 Å². The van der Waals surface area contributed by atoms with Crippen LogP contribution >= 0.6 is 0 Å².